The fourth-order valence-electron chi connectivity index (χ4n) is 4.96. The van der Waals surface area contributed by atoms with Crippen LogP contribution in [0.3, 0.4) is 0 Å². The topological polar surface area (TPSA) is 25.8 Å². The maximum Gasteiger partial charge on any atom is 0.0974 e. The number of benzene rings is 4. The van der Waals surface area contributed by atoms with Gasteiger partial charge in [0.05, 0.1) is 11.0 Å². The SMILES string of the molecule is CCc1ccc2ccc3c(-c4cc(-c5ccccc5)cc(-c5ccccc5)c4)cc(CC)nc3c2n1. The highest BCUT2D eigenvalue weighted by Gasteiger charge is 2.14. The summed E-state index contributed by atoms with van der Waals surface area (Å²) >= 11 is 0. The maximum atomic E-state index is 5.08. The van der Waals surface area contributed by atoms with Crippen LogP contribution in [-0.4, -0.2) is 9.97 Å². The van der Waals surface area contributed by atoms with Crippen molar-refractivity contribution in [2.75, 3.05) is 0 Å². The molecule has 0 atom stereocenters. The van der Waals surface area contributed by atoms with E-state index in [9.17, 15) is 0 Å². The van der Waals surface area contributed by atoms with E-state index in [2.05, 4.69) is 123 Å². The molecule has 0 fully saturated rings. The highest BCUT2D eigenvalue weighted by atomic mass is 14.8. The molecule has 0 amide bonds. The fraction of sp³-hybridized carbons (Fsp3) is 0.118. The van der Waals surface area contributed by atoms with Gasteiger partial charge in [0.15, 0.2) is 0 Å². The second kappa shape index (κ2) is 9.39. The lowest BCUT2D eigenvalue weighted by molar-refractivity contribution is 1.05. The quantitative estimate of drug-likeness (QED) is 0.238. The minimum atomic E-state index is 0.872. The number of rotatable bonds is 5. The lowest BCUT2D eigenvalue weighted by Crippen LogP contribution is -1.96. The van der Waals surface area contributed by atoms with E-state index in [0.29, 0.717) is 0 Å². The molecule has 2 aromatic heterocycles. The minimum absolute atomic E-state index is 0.872. The van der Waals surface area contributed by atoms with Gasteiger partial charge in [-0.2, -0.15) is 0 Å². The van der Waals surface area contributed by atoms with Crippen molar-refractivity contribution < 1.29 is 0 Å². The molecule has 0 saturated carbocycles. The first-order valence-corrected chi connectivity index (χ1v) is 12.7. The maximum absolute atomic E-state index is 5.08. The van der Waals surface area contributed by atoms with Crippen LogP contribution >= 0.6 is 0 Å². The molecule has 174 valence electrons. The van der Waals surface area contributed by atoms with Crippen LogP contribution in [0.15, 0.2) is 109 Å². The first-order chi connectivity index (χ1) is 17.7. The van der Waals surface area contributed by atoms with Crippen LogP contribution in [0.5, 0.6) is 0 Å². The lowest BCUT2D eigenvalue weighted by Gasteiger charge is -2.15. The Morgan fingerprint density at radius 2 is 1.03 bits per heavy atom. The zero-order valence-corrected chi connectivity index (χ0v) is 20.7. The third kappa shape index (κ3) is 4.05. The largest absolute Gasteiger partial charge is 0.251 e. The van der Waals surface area contributed by atoms with Gasteiger partial charge >= 0.3 is 0 Å². The highest BCUT2D eigenvalue weighted by Crippen LogP contribution is 2.37. The number of aromatic nitrogens is 2. The molecule has 0 aliphatic carbocycles. The number of fused-ring (bicyclic) bond motifs is 3. The average Bonchev–Trinajstić information content (AvgIpc) is 2.96. The fourth-order valence-corrected chi connectivity index (χ4v) is 4.96. The Hall–Kier alpha value is -4.30. The standard InChI is InChI=1S/C34H28N2/c1-3-29-17-15-25-16-18-31-32(22-30(4-2)36-34(31)33(25)35-29)28-20-26(23-11-7-5-8-12-23)19-27(21-28)24-13-9-6-10-14-24/h5-22H,3-4H2,1-2H3. The molecule has 6 rings (SSSR count). The number of hydrogen-bond acceptors (Lipinski definition) is 2. The summed E-state index contributed by atoms with van der Waals surface area (Å²) in [6, 6.07) is 39.1. The zero-order valence-electron chi connectivity index (χ0n) is 20.7. The molecule has 0 aliphatic heterocycles. The Labute approximate surface area is 212 Å². The molecular formula is C34H28N2. The monoisotopic (exact) mass is 464 g/mol. The molecule has 4 aromatic carbocycles. The highest BCUT2D eigenvalue weighted by molar-refractivity contribution is 6.08. The van der Waals surface area contributed by atoms with Crippen molar-refractivity contribution in [3.63, 3.8) is 0 Å². The van der Waals surface area contributed by atoms with Gasteiger partial charge in [-0.1, -0.05) is 92.7 Å². The van der Waals surface area contributed by atoms with Crippen molar-refractivity contribution in [1.29, 1.82) is 0 Å². The van der Waals surface area contributed by atoms with Crippen molar-refractivity contribution >= 4 is 21.8 Å². The Bertz CT molecular complexity index is 1630. The van der Waals surface area contributed by atoms with Gasteiger partial charge in [0.1, 0.15) is 0 Å². The van der Waals surface area contributed by atoms with E-state index in [1.165, 1.54) is 33.4 Å². The van der Waals surface area contributed by atoms with E-state index in [1.54, 1.807) is 0 Å². The summed E-state index contributed by atoms with van der Waals surface area (Å²) in [4.78, 5) is 10.1. The van der Waals surface area contributed by atoms with Gasteiger partial charge in [-0.05, 0) is 76.6 Å². The molecule has 0 radical (unpaired) electrons. The third-order valence-electron chi connectivity index (χ3n) is 6.93. The summed E-state index contributed by atoms with van der Waals surface area (Å²) in [5.41, 5.74) is 11.4. The Morgan fingerprint density at radius 3 is 1.64 bits per heavy atom. The normalized spacial score (nSPS) is 11.3. The molecule has 2 heteroatoms. The van der Waals surface area contributed by atoms with Gasteiger partial charge in [0.2, 0.25) is 0 Å². The van der Waals surface area contributed by atoms with E-state index in [-0.39, 0.29) is 0 Å². The minimum Gasteiger partial charge on any atom is -0.251 e. The molecule has 0 saturated heterocycles. The molecule has 0 N–H and O–H groups in total. The zero-order chi connectivity index (χ0) is 24.5. The van der Waals surface area contributed by atoms with Crippen molar-refractivity contribution in [1.82, 2.24) is 9.97 Å². The summed E-state index contributed by atoms with van der Waals surface area (Å²) in [6.45, 7) is 4.32. The second-order valence-electron chi connectivity index (χ2n) is 9.24. The van der Waals surface area contributed by atoms with Crippen LogP contribution in [-0.2, 0) is 12.8 Å². The second-order valence-corrected chi connectivity index (χ2v) is 9.24. The van der Waals surface area contributed by atoms with Crippen LogP contribution < -0.4 is 0 Å². The summed E-state index contributed by atoms with van der Waals surface area (Å²) in [5.74, 6) is 0. The van der Waals surface area contributed by atoms with Crippen LogP contribution in [0, 0.1) is 0 Å². The molecule has 0 bridgehead atoms. The van der Waals surface area contributed by atoms with E-state index in [4.69, 9.17) is 9.97 Å². The number of pyridine rings is 2. The van der Waals surface area contributed by atoms with E-state index < -0.39 is 0 Å². The third-order valence-corrected chi connectivity index (χ3v) is 6.93. The van der Waals surface area contributed by atoms with Gasteiger partial charge in [-0.15, -0.1) is 0 Å². The molecule has 0 unspecified atom stereocenters. The Morgan fingerprint density at radius 1 is 0.472 bits per heavy atom. The average molecular weight is 465 g/mol. The van der Waals surface area contributed by atoms with Crippen LogP contribution in [0.25, 0.3) is 55.2 Å². The molecule has 2 nitrogen and oxygen atoms in total. The van der Waals surface area contributed by atoms with Gasteiger partial charge in [0, 0.05) is 22.2 Å². The van der Waals surface area contributed by atoms with Crippen molar-refractivity contribution in [2.24, 2.45) is 0 Å². The first kappa shape index (κ1) is 22.2. The summed E-state index contributed by atoms with van der Waals surface area (Å²) < 4.78 is 0. The Balaban J connectivity index is 1.66. The number of hydrogen-bond donors (Lipinski definition) is 0. The first-order valence-electron chi connectivity index (χ1n) is 12.7. The molecule has 36 heavy (non-hydrogen) atoms. The van der Waals surface area contributed by atoms with Gasteiger partial charge < -0.3 is 0 Å². The van der Waals surface area contributed by atoms with Crippen LogP contribution in [0.2, 0.25) is 0 Å². The van der Waals surface area contributed by atoms with E-state index in [0.717, 1.165) is 46.0 Å². The predicted molar refractivity (Wildman–Crippen MR) is 152 cm³/mol. The molecule has 0 aliphatic rings. The van der Waals surface area contributed by atoms with E-state index >= 15 is 0 Å². The summed E-state index contributed by atoms with van der Waals surface area (Å²) in [6.07, 6.45) is 1.78. The molecule has 2 heterocycles. The van der Waals surface area contributed by atoms with Crippen molar-refractivity contribution in [3.8, 4) is 33.4 Å². The Kier molecular flexibility index (Phi) is 5.79. The van der Waals surface area contributed by atoms with E-state index in [1.807, 2.05) is 0 Å². The predicted octanol–water partition coefficient (Wildman–Crippen LogP) is 8.91. The van der Waals surface area contributed by atoms with Gasteiger partial charge in [-0.25, -0.2) is 0 Å². The van der Waals surface area contributed by atoms with Gasteiger partial charge in [0.25, 0.3) is 0 Å². The number of aryl methyl sites for hydroxylation is 2. The molecule has 0 spiro atoms. The summed E-state index contributed by atoms with van der Waals surface area (Å²) in [5, 5.41) is 2.28. The summed E-state index contributed by atoms with van der Waals surface area (Å²) in [7, 11) is 0. The van der Waals surface area contributed by atoms with Crippen LogP contribution in [0.4, 0.5) is 0 Å². The van der Waals surface area contributed by atoms with Crippen molar-refractivity contribution in [3.05, 3.63) is 121 Å². The lowest BCUT2D eigenvalue weighted by atomic mass is 9.91. The van der Waals surface area contributed by atoms with Crippen LogP contribution in [0.1, 0.15) is 25.2 Å². The smallest absolute Gasteiger partial charge is 0.0974 e. The molecular weight excluding hydrogens is 436 g/mol. The number of nitrogens with zero attached hydrogens (tertiary/aromatic N) is 2. The molecule has 6 aromatic rings. The van der Waals surface area contributed by atoms with Crippen molar-refractivity contribution in [2.45, 2.75) is 26.7 Å². The van der Waals surface area contributed by atoms with Gasteiger partial charge in [-0.3, -0.25) is 9.97 Å².